The molecule has 2 N–H and O–H groups in total. The summed E-state index contributed by atoms with van der Waals surface area (Å²) in [5, 5.41) is 6.72. The Hall–Kier alpha value is -1.75. The van der Waals surface area contributed by atoms with E-state index in [4.69, 9.17) is 4.74 Å². The van der Waals surface area contributed by atoms with E-state index in [0.29, 0.717) is 18.6 Å². The molecule has 0 atom stereocenters. The van der Waals surface area contributed by atoms with E-state index in [2.05, 4.69) is 54.3 Å². The number of ether oxygens (including phenoxy) is 1. The minimum absolute atomic E-state index is 0.577. The predicted molar refractivity (Wildman–Crippen MR) is 103 cm³/mol. The zero-order valence-corrected chi connectivity index (χ0v) is 16.1. The molecule has 136 valence electrons. The van der Waals surface area contributed by atoms with E-state index < -0.39 is 0 Å². The molecular weight excluding hydrogens is 300 g/mol. The molecule has 5 nitrogen and oxygen atoms in total. The molecule has 0 spiro atoms. The lowest BCUT2D eigenvalue weighted by Gasteiger charge is -2.30. The Kier molecular flexibility index (Phi) is 9.23. The van der Waals surface area contributed by atoms with Crippen molar-refractivity contribution in [2.24, 2.45) is 4.99 Å². The fourth-order valence-corrected chi connectivity index (χ4v) is 2.83. The third kappa shape index (κ3) is 6.79. The first-order valence-corrected chi connectivity index (χ1v) is 8.81. The number of nitrogens with zero attached hydrogens (tertiary/aromatic N) is 2. The molecule has 5 heteroatoms. The summed E-state index contributed by atoms with van der Waals surface area (Å²) in [7, 11) is 3.49. The van der Waals surface area contributed by atoms with Crippen LogP contribution in [0.4, 0.5) is 0 Å². The first-order chi connectivity index (χ1) is 11.5. The van der Waals surface area contributed by atoms with Crippen molar-refractivity contribution in [2.45, 2.75) is 52.7 Å². The molecule has 1 rings (SSSR count). The Morgan fingerprint density at radius 3 is 2.38 bits per heavy atom. The molecule has 0 aliphatic rings. The van der Waals surface area contributed by atoms with Crippen LogP contribution in [-0.4, -0.2) is 50.2 Å². The lowest BCUT2D eigenvalue weighted by atomic mass is 10.2. The van der Waals surface area contributed by atoms with Crippen LogP contribution in [0.2, 0.25) is 0 Å². The SMILES string of the molecule is CN=C(NCCCN(C(C)C)C(C)C)NCc1ccccc1OC. The lowest BCUT2D eigenvalue weighted by molar-refractivity contribution is 0.173. The molecule has 1 aromatic rings. The molecule has 0 unspecified atom stereocenters. The van der Waals surface area contributed by atoms with Gasteiger partial charge in [-0.15, -0.1) is 0 Å². The van der Waals surface area contributed by atoms with Crippen LogP contribution in [0.1, 0.15) is 39.7 Å². The molecule has 0 aliphatic heterocycles. The Morgan fingerprint density at radius 2 is 1.79 bits per heavy atom. The largest absolute Gasteiger partial charge is 0.496 e. The van der Waals surface area contributed by atoms with Gasteiger partial charge in [0.05, 0.1) is 7.11 Å². The Labute approximate surface area is 147 Å². The van der Waals surface area contributed by atoms with Gasteiger partial charge in [-0.05, 0) is 40.2 Å². The molecule has 0 saturated carbocycles. The van der Waals surface area contributed by atoms with Crippen molar-refractivity contribution >= 4 is 5.96 Å². The van der Waals surface area contributed by atoms with Crippen LogP contribution in [0.3, 0.4) is 0 Å². The molecule has 0 fully saturated rings. The normalized spacial score (nSPS) is 12.1. The predicted octanol–water partition coefficient (Wildman–Crippen LogP) is 2.87. The van der Waals surface area contributed by atoms with Crippen LogP contribution in [0.15, 0.2) is 29.3 Å². The number of nitrogens with one attached hydrogen (secondary N) is 2. The van der Waals surface area contributed by atoms with Gasteiger partial charge in [0.2, 0.25) is 0 Å². The van der Waals surface area contributed by atoms with Crippen LogP contribution in [0.5, 0.6) is 5.75 Å². The number of hydrogen-bond acceptors (Lipinski definition) is 3. The first-order valence-electron chi connectivity index (χ1n) is 8.81. The van der Waals surface area contributed by atoms with E-state index in [0.717, 1.165) is 36.8 Å². The summed E-state index contributed by atoms with van der Waals surface area (Å²) in [4.78, 5) is 6.79. The van der Waals surface area contributed by atoms with Crippen molar-refractivity contribution < 1.29 is 4.74 Å². The standard InChI is InChI=1S/C19H34N4O/c1-15(2)23(16(3)4)13-9-12-21-19(20-5)22-14-17-10-7-8-11-18(17)24-6/h7-8,10-11,15-16H,9,12-14H2,1-6H3,(H2,20,21,22). The number of benzene rings is 1. The van der Waals surface area contributed by atoms with Gasteiger partial charge < -0.3 is 15.4 Å². The highest BCUT2D eigenvalue weighted by molar-refractivity contribution is 5.79. The molecule has 0 radical (unpaired) electrons. The fraction of sp³-hybridized carbons (Fsp3) is 0.632. The highest BCUT2D eigenvalue weighted by Gasteiger charge is 2.12. The minimum atomic E-state index is 0.577. The van der Waals surface area contributed by atoms with Gasteiger partial charge in [-0.2, -0.15) is 0 Å². The van der Waals surface area contributed by atoms with Crippen molar-refractivity contribution in [2.75, 3.05) is 27.2 Å². The summed E-state index contributed by atoms with van der Waals surface area (Å²) in [5.74, 6) is 1.71. The second kappa shape index (κ2) is 10.9. The summed E-state index contributed by atoms with van der Waals surface area (Å²) in [6.07, 6.45) is 1.09. The van der Waals surface area contributed by atoms with Gasteiger partial charge in [0.15, 0.2) is 5.96 Å². The van der Waals surface area contributed by atoms with Crippen LogP contribution in [0, 0.1) is 0 Å². The zero-order valence-electron chi connectivity index (χ0n) is 16.1. The Morgan fingerprint density at radius 1 is 1.12 bits per heavy atom. The maximum Gasteiger partial charge on any atom is 0.191 e. The van der Waals surface area contributed by atoms with E-state index in [9.17, 15) is 0 Å². The van der Waals surface area contributed by atoms with Crippen molar-refractivity contribution in [3.8, 4) is 5.75 Å². The summed E-state index contributed by atoms with van der Waals surface area (Å²) >= 11 is 0. The average molecular weight is 335 g/mol. The van der Waals surface area contributed by atoms with Gasteiger partial charge in [0.1, 0.15) is 5.75 Å². The second-order valence-corrected chi connectivity index (χ2v) is 6.44. The van der Waals surface area contributed by atoms with Crippen molar-refractivity contribution in [1.29, 1.82) is 0 Å². The molecule has 0 aliphatic carbocycles. The molecule has 0 bridgehead atoms. The number of aliphatic imine (C=N–C) groups is 1. The minimum Gasteiger partial charge on any atom is -0.496 e. The quantitative estimate of drug-likeness (QED) is 0.414. The van der Waals surface area contributed by atoms with Crippen LogP contribution in [-0.2, 0) is 6.54 Å². The van der Waals surface area contributed by atoms with Crippen LogP contribution < -0.4 is 15.4 Å². The van der Waals surface area contributed by atoms with E-state index >= 15 is 0 Å². The van der Waals surface area contributed by atoms with Gasteiger partial charge in [-0.3, -0.25) is 9.89 Å². The van der Waals surface area contributed by atoms with Gasteiger partial charge >= 0.3 is 0 Å². The molecule has 1 aromatic carbocycles. The van der Waals surface area contributed by atoms with Crippen molar-refractivity contribution in [3.05, 3.63) is 29.8 Å². The topological polar surface area (TPSA) is 48.9 Å². The maximum atomic E-state index is 5.38. The van der Waals surface area contributed by atoms with E-state index in [1.807, 2.05) is 18.2 Å². The lowest BCUT2D eigenvalue weighted by Crippen LogP contribution is -2.41. The maximum absolute atomic E-state index is 5.38. The number of guanidine groups is 1. The third-order valence-electron chi connectivity index (χ3n) is 4.07. The Bertz CT molecular complexity index is 492. The molecular formula is C19H34N4O. The number of methoxy groups -OCH3 is 1. The summed E-state index contributed by atoms with van der Waals surface area (Å²) in [6.45, 7) is 11.7. The van der Waals surface area contributed by atoms with Gasteiger partial charge in [-0.1, -0.05) is 18.2 Å². The highest BCUT2D eigenvalue weighted by Crippen LogP contribution is 2.16. The van der Waals surface area contributed by atoms with Gasteiger partial charge in [0.25, 0.3) is 0 Å². The smallest absolute Gasteiger partial charge is 0.191 e. The molecule has 0 amide bonds. The van der Waals surface area contributed by atoms with E-state index in [1.165, 1.54) is 0 Å². The third-order valence-corrected chi connectivity index (χ3v) is 4.07. The van der Waals surface area contributed by atoms with E-state index in [1.54, 1.807) is 14.2 Å². The van der Waals surface area contributed by atoms with Crippen LogP contribution in [0.25, 0.3) is 0 Å². The molecule has 0 heterocycles. The van der Waals surface area contributed by atoms with Gasteiger partial charge in [0, 0.05) is 44.3 Å². The number of hydrogen-bond donors (Lipinski definition) is 2. The zero-order chi connectivity index (χ0) is 17.9. The van der Waals surface area contributed by atoms with Crippen molar-refractivity contribution in [3.63, 3.8) is 0 Å². The molecule has 0 saturated heterocycles. The van der Waals surface area contributed by atoms with E-state index in [-0.39, 0.29) is 0 Å². The average Bonchev–Trinajstić information content (AvgIpc) is 2.56. The Balaban J connectivity index is 2.38. The summed E-state index contributed by atoms with van der Waals surface area (Å²) in [5.41, 5.74) is 1.12. The molecule has 0 aromatic heterocycles. The second-order valence-electron chi connectivity index (χ2n) is 6.44. The van der Waals surface area contributed by atoms with Crippen molar-refractivity contribution in [1.82, 2.24) is 15.5 Å². The first kappa shape index (κ1) is 20.3. The summed E-state index contributed by atoms with van der Waals surface area (Å²) < 4.78 is 5.38. The van der Waals surface area contributed by atoms with Gasteiger partial charge in [-0.25, -0.2) is 0 Å². The fourth-order valence-electron chi connectivity index (χ4n) is 2.83. The number of rotatable bonds is 9. The summed E-state index contributed by atoms with van der Waals surface area (Å²) in [6, 6.07) is 9.18. The molecule has 24 heavy (non-hydrogen) atoms. The van der Waals surface area contributed by atoms with Crippen LogP contribution >= 0.6 is 0 Å². The monoisotopic (exact) mass is 334 g/mol. The highest BCUT2D eigenvalue weighted by atomic mass is 16.5. The number of para-hydroxylation sites is 1.